The van der Waals surface area contributed by atoms with Crippen LogP contribution >= 0.6 is 0 Å². The molecule has 0 saturated carbocycles. The Morgan fingerprint density at radius 1 is 0.923 bits per heavy atom. The largest absolute Gasteiger partial charge is 0.478 e. The highest BCUT2D eigenvalue weighted by atomic mass is 16.6. The van der Waals surface area contributed by atoms with Gasteiger partial charge in [-0.25, -0.2) is 14.6 Å². The molecular weight excluding hydrogens is 668 g/mol. The number of esters is 2. The number of ether oxygens (including phenoxy) is 4. The summed E-state index contributed by atoms with van der Waals surface area (Å²) in [4.78, 5) is 73.4. The number of hydrogen-bond donors (Lipinski definition) is 1. The van der Waals surface area contributed by atoms with Crippen molar-refractivity contribution in [2.45, 2.75) is 91.6 Å². The van der Waals surface area contributed by atoms with E-state index >= 15 is 0 Å². The van der Waals surface area contributed by atoms with Gasteiger partial charge in [0.1, 0.15) is 29.7 Å². The number of piperazine rings is 1. The van der Waals surface area contributed by atoms with Crippen molar-refractivity contribution in [1.82, 2.24) is 20.1 Å². The highest BCUT2D eigenvalue weighted by molar-refractivity contribution is 5.99. The van der Waals surface area contributed by atoms with Crippen LogP contribution in [0.4, 0.5) is 4.79 Å². The van der Waals surface area contributed by atoms with Gasteiger partial charge in [-0.2, -0.15) is 0 Å². The maximum atomic E-state index is 13.9. The molecule has 0 aliphatic carbocycles. The van der Waals surface area contributed by atoms with Crippen LogP contribution in [0.1, 0.15) is 81.9 Å². The summed E-state index contributed by atoms with van der Waals surface area (Å²) >= 11 is 0. The summed E-state index contributed by atoms with van der Waals surface area (Å²) in [6.45, 7) is 12.1. The van der Waals surface area contributed by atoms with Crippen molar-refractivity contribution in [2.75, 3.05) is 32.8 Å². The Hall–Kier alpha value is -5.20. The summed E-state index contributed by atoms with van der Waals surface area (Å²) in [7, 11) is 0. The Kier molecular flexibility index (Phi) is 14.0. The van der Waals surface area contributed by atoms with Crippen molar-refractivity contribution < 1.29 is 42.9 Å². The molecule has 1 aromatic heterocycles. The number of fused-ring (bicyclic) bond motifs is 1. The Morgan fingerprint density at radius 3 is 2.29 bits per heavy atom. The first-order chi connectivity index (χ1) is 24.7. The molecule has 0 unspecified atom stereocenters. The van der Waals surface area contributed by atoms with Crippen LogP contribution in [0.25, 0.3) is 10.9 Å². The second-order valence-corrected chi connectivity index (χ2v) is 13.8. The predicted octanol–water partition coefficient (Wildman–Crippen LogP) is 5.36. The van der Waals surface area contributed by atoms with Crippen LogP contribution in [0, 0.1) is 6.92 Å². The van der Waals surface area contributed by atoms with Crippen molar-refractivity contribution in [3.8, 4) is 5.75 Å². The number of benzene rings is 2. The Bertz CT molecular complexity index is 1720. The van der Waals surface area contributed by atoms with Crippen LogP contribution in [0.15, 0.2) is 54.6 Å². The number of amides is 3. The normalized spacial score (nSPS) is 14.3. The lowest BCUT2D eigenvalue weighted by Crippen LogP contribution is -2.56. The molecule has 13 nitrogen and oxygen atoms in total. The maximum absolute atomic E-state index is 13.9. The van der Waals surface area contributed by atoms with E-state index in [-0.39, 0.29) is 57.1 Å². The monoisotopic (exact) mass is 718 g/mol. The Morgan fingerprint density at radius 2 is 1.62 bits per heavy atom. The van der Waals surface area contributed by atoms with Crippen LogP contribution in [0.2, 0.25) is 0 Å². The minimum absolute atomic E-state index is 0.0287. The van der Waals surface area contributed by atoms with E-state index in [2.05, 4.69) is 10.3 Å². The van der Waals surface area contributed by atoms with Gasteiger partial charge in [-0.05, 0) is 70.7 Å². The quantitative estimate of drug-likeness (QED) is 0.131. The summed E-state index contributed by atoms with van der Waals surface area (Å²) in [5.74, 6) is -1.94. The molecule has 280 valence electrons. The summed E-state index contributed by atoms with van der Waals surface area (Å²) in [5, 5.41) is 3.36. The van der Waals surface area contributed by atoms with Gasteiger partial charge in [-0.3, -0.25) is 14.4 Å². The van der Waals surface area contributed by atoms with Crippen molar-refractivity contribution in [3.05, 3.63) is 71.4 Å². The van der Waals surface area contributed by atoms with Gasteiger partial charge in [0.05, 0.1) is 12.1 Å². The third-order valence-electron chi connectivity index (χ3n) is 8.25. The number of carbonyl (C=O) groups excluding carboxylic acids is 5. The Balaban J connectivity index is 1.52. The number of pyridine rings is 1. The first-order valence-electron chi connectivity index (χ1n) is 17.8. The van der Waals surface area contributed by atoms with Crippen molar-refractivity contribution in [2.24, 2.45) is 0 Å². The molecule has 1 saturated heterocycles. The summed E-state index contributed by atoms with van der Waals surface area (Å²) in [6.07, 6.45) is 0.0699. The molecule has 1 N–H and O–H groups in total. The van der Waals surface area contributed by atoms with Crippen LogP contribution in [0.3, 0.4) is 0 Å². The maximum Gasteiger partial charge on any atom is 0.409 e. The third-order valence-corrected chi connectivity index (χ3v) is 8.25. The molecule has 1 fully saturated rings. The number of hydrogen-bond acceptors (Lipinski definition) is 10. The molecule has 1 aliphatic rings. The molecule has 1 aliphatic heterocycles. The van der Waals surface area contributed by atoms with E-state index in [0.29, 0.717) is 17.5 Å². The van der Waals surface area contributed by atoms with Crippen LogP contribution in [-0.2, 0) is 35.2 Å². The summed E-state index contributed by atoms with van der Waals surface area (Å²) in [6, 6.07) is 15.0. The van der Waals surface area contributed by atoms with Crippen LogP contribution in [0.5, 0.6) is 5.75 Å². The fraction of sp³-hybridized carbons (Fsp3) is 0.487. The van der Waals surface area contributed by atoms with E-state index in [1.807, 2.05) is 50.2 Å². The minimum Gasteiger partial charge on any atom is -0.478 e. The second-order valence-electron chi connectivity index (χ2n) is 13.8. The highest BCUT2D eigenvalue weighted by Crippen LogP contribution is 2.28. The molecule has 0 bridgehead atoms. The van der Waals surface area contributed by atoms with Gasteiger partial charge in [0.2, 0.25) is 5.91 Å². The number of aromatic nitrogens is 1. The van der Waals surface area contributed by atoms with Crippen molar-refractivity contribution in [3.63, 3.8) is 0 Å². The SMILES string of the molecule is CCCCOC(=O)N1CCN(C(=O)[C@H](CCC(=O)OC(C)(C)C)NC(=O)c2cc(O[C@H](C)C(=O)OCc3ccccc3)c3ccc(C)cc3n2)CC1. The number of carbonyl (C=O) groups is 5. The number of aryl methyl sites for hydroxylation is 1. The second kappa shape index (κ2) is 18.3. The molecule has 3 aromatic rings. The number of unbranched alkanes of at least 4 members (excludes halogenated alkanes) is 1. The smallest absolute Gasteiger partial charge is 0.409 e. The van der Waals surface area contributed by atoms with Gasteiger partial charge in [-0.1, -0.05) is 49.7 Å². The minimum atomic E-state index is -1.10. The van der Waals surface area contributed by atoms with E-state index in [4.69, 9.17) is 18.9 Å². The van der Waals surface area contributed by atoms with E-state index in [9.17, 15) is 24.0 Å². The average Bonchev–Trinajstić information content (AvgIpc) is 3.11. The average molecular weight is 719 g/mol. The number of nitrogens with one attached hydrogen (secondary N) is 1. The van der Waals surface area contributed by atoms with Crippen LogP contribution in [-0.4, -0.2) is 95.2 Å². The molecule has 4 rings (SSSR count). The summed E-state index contributed by atoms with van der Waals surface area (Å²) in [5.41, 5.74) is 1.39. The zero-order valence-electron chi connectivity index (χ0n) is 30.9. The van der Waals surface area contributed by atoms with Crippen molar-refractivity contribution >= 4 is 40.7 Å². The van der Waals surface area contributed by atoms with Gasteiger partial charge in [-0.15, -0.1) is 0 Å². The fourth-order valence-electron chi connectivity index (χ4n) is 5.47. The van der Waals surface area contributed by atoms with Gasteiger partial charge in [0.25, 0.3) is 5.91 Å². The molecule has 2 aromatic carbocycles. The molecule has 0 radical (unpaired) electrons. The molecule has 2 atom stereocenters. The van der Waals surface area contributed by atoms with Crippen LogP contribution < -0.4 is 10.1 Å². The first-order valence-corrected chi connectivity index (χ1v) is 17.8. The van der Waals surface area contributed by atoms with E-state index in [1.54, 1.807) is 49.6 Å². The lowest BCUT2D eigenvalue weighted by molar-refractivity contribution is -0.155. The predicted molar refractivity (Wildman–Crippen MR) is 194 cm³/mol. The molecular formula is C39H50N4O9. The Labute approximate surface area is 304 Å². The topological polar surface area (TPSA) is 154 Å². The molecule has 2 heterocycles. The lowest BCUT2D eigenvalue weighted by Gasteiger charge is -2.36. The number of rotatable bonds is 14. The third kappa shape index (κ3) is 11.7. The molecule has 3 amide bonds. The van der Waals surface area contributed by atoms with E-state index in [0.717, 1.165) is 24.0 Å². The first kappa shape index (κ1) is 39.6. The van der Waals surface area contributed by atoms with Gasteiger partial charge >= 0.3 is 18.0 Å². The van der Waals surface area contributed by atoms with Gasteiger partial charge in [0, 0.05) is 44.1 Å². The van der Waals surface area contributed by atoms with Gasteiger partial charge in [0.15, 0.2) is 6.10 Å². The molecule has 0 spiro atoms. The highest BCUT2D eigenvalue weighted by Gasteiger charge is 2.32. The van der Waals surface area contributed by atoms with Crippen molar-refractivity contribution in [1.29, 1.82) is 0 Å². The van der Waals surface area contributed by atoms with E-state index in [1.165, 1.54) is 6.07 Å². The molecule has 13 heteroatoms. The fourth-order valence-corrected chi connectivity index (χ4v) is 5.47. The zero-order valence-corrected chi connectivity index (χ0v) is 30.9. The van der Waals surface area contributed by atoms with E-state index < -0.39 is 47.6 Å². The lowest BCUT2D eigenvalue weighted by atomic mass is 10.1. The van der Waals surface area contributed by atoms with Gasteiger partial charge < -0.3 is 34.1 Å². The standard InChI is InChI=1S/C39H50N4O9/c1-7-8-22-49-38(48)43-20-18-42(19-21-43)36(46)30(16-17-34(44)52-39(4,5)6)41-35(45)32-24-33(29-15-14-26(2)23-31(29)40-32)51-27(3)37(47)50-25-28-12-10-9-11-13-28/h9-15,23-24,27,30H,7-8,16-22,25H2,1-6H3,(H,41,45)/t27-,30+/m1/s1. The molecule has 52 heavy (non-hydrogen) atoms. The summed E-state index contributed by atoms with van der Waals surface area (Å²) < 4.78 is 22.3. The number of nitrogens with zero attached hydrogens (tertiary/aromatic N) is 3. The zero-order chi connectivity index (χ0) is 37.8.